The standard InChI is InChI=1S/C16H23BrN2O.ClH/c17-15-6-2-1-5-14(15)7-8-16(20)19-11-9-13-4-3-10-18-12-13;/h1-2,5-6,13,18H,3-4,7-12H2,(H,19,20);1H. The van der Waals surface area contributed by atoms with Crippen LogP contribution in [0.4, 0.5) is 0 Å². The molecule has 2 N–H and O–H groups in total. The second-order valence-electron chi connectivity index (χ2n) is 5.44. The van der Waals surface area contributed by atoms with E-state index in [2.05, 4.69) is 32.6 Å². The zero-order chi connectivity index (χ0) is 14.2. The van der Waals surface area contributed by atoms with E-state index in [1.54, 1.807) is 0 Å². The molecule has 0 spiro atoms. The minimum Gasteiger partial charge on any atom is -0.356 e. The molecular formula is C16H24BrClN2O. The van der Waals surface area contributed by atoms with Gasteiger partial charge in [0.1, 0.15) is 0 Å². The van der Waals surface area contributed by atoms with Crippen molar-refractivity contribution in [2.45, 2.75) is 32.1 Å². The molecule has 5 heteroatoms. The van der Waals surface area contributed by atoms with Crippen molar-refractivity contribution in [1.29, 1.82) is 0 Å². The summed E-state index contributed by atoms with van der Waals surface area (Å²) in [5.41, 5.74) is 1.19. The average Bonchev–Trinajstić information content (AvgIpc) is 2.47. The van der Waals surface area contributed by atoms with Crippen LogP contribution in [-0.4, -0.2) is 25.5 Å². The van der Waals surface area contributed by atoms with Crippen LogP contribution >= 0.6 is 28.3 Å². The second-order valence-corrected chi connectivity index (χ2v) is 6.30. The van der Waals surface area contributed by atoms with Crippen molar-refractivity contribution in [2.75, 3.05) is 19.6 Å². The van der Waals surface area contributed by atoms with Crippen LogP contribution in [0.2, 0.25) is 0 Å². The maximum atomic E-state index is 11.8. The Morgan fingerprint density at radius 2 is 2.19 bits per heavy atom. The Kier molecular flexibility index (Phi) is 8.97. The number of amides is 1. The lowest BCUT2D eigenvalue weighted by atomic mass is 9.96. The number of carbonyl (C=O) groups is 1. The van der Waals surface area contributed by atoms with Gasteiger partial charge >= 0.3 is 0 Å². The van der Waals surface area contributed by atoms with Gasteiger partial charge in [-0.2, -0.15) is 0 Å². The Morgan fingerprint density at radius 1 is 1.38 bits per heavy atom. The quantitative estimate of drug-likeness (QED) is 0.801. The van der Waals surface area contributed by atoms with Gasteiger partial charge in [-0.25, -0.2) is 0 Å². The molecule has 1 aliphatic rings. The lowest BCUT2D eigenvalue weighted by Gasteiger charge is -2.22. The van der Waals surface area contributed by atoms with Gasteiger partial charge in [-0.1, -0.05) is 34.1 Å². The summed E-state index contributed by atoms with van der Waals surface area (Å²) in [4.78, 5) is 11.8. The number of hydrogen-bond acceptors (Lipinski definition) is 2. The van der Waals surface area contributed by atoms with Crippen molar-refractivity contribution < 1.29 is 4.79 Å². The Morgan fingerprint density at radius 3 is 2.90 bits per heavy atom. The molecule has 1 aliphatic heterocycles. The van der Waals surface area contributed by atoms with E-state index in [-0.39, 0.29) is 18.3 Å². The monoisotopic (exact) mass is 374 g/mol. The van der Waals surface area contributed by atoms with E-state index in [4.69, 9.17) is 0 Å². The normalized spacial score (nSPS) is 17.9. The molecule has 0 saturated carbocycles. The molecular weight excluding hydrogens is 352 g/mol. The zero-order valence-corrected chi connectivity index (χ0v) is 14.6. The first-order valence-electron chi connectivity index (χ1n) is 7.46. The van der Waals surface area contributed by atoms with Gasteiger partial charge in [0.15, 0.2) is 0 Å². The fraction of sp³-hybridized carbons (Fsp3) is 0.562. The van der Waals surface area contributed by atoms with E-state index in [1.165, 1.54) is 18.4 Å². The molecule has 0 aromatic heterocycles. The van der Waals surface area contributed by atoms with Crippen molar-refractivity contribution in [3.05, 3.63) is 34.3 Å². The van der Waals surface area contributed by atoms with Crippen LogP contribution in [-0.2, 0) is 11.2 Å². The third kappa shape index (κ3) is 6.81. The number of nitrogens with one attached hydrogen (secondary N) is 2. The van der Waals surface area contributed by atoms with E-state index < -0.39 is 0 Å². The Hall–Kier alpha value is -0.580. The number of halogens is 2. The van der Waals surface area contributed by atoms with Crippen LogP contribution in [0, 0.1) is 5.92 Å². The third-order valence-electron chi connectivity index (χ3n) is 3.85. The molecule has 3 nitrogen and oxygen atoms in total. The van der Waals surface area contributed by atoms with Crippen molar-refractivity contribution in [3.63, 3.8) is 0 Å². The highest BCUT2D eigenvalue weighted by atomic mass is 79.9. The smallest absolute Gasteiger partial charge is 0.220 e. The molecule has 1 heterocycles. The van der Waals surface area contributed by atoms with Gasteiger partial charge < -0.3 is 10.6 Å². The zero-order valence-electron chi connectivity index (χ0n) is 12.2. The van der Waals surface area contributed by atoms with E-state index in [1.807, 2.05) is 18.2 Å². The SMILES string of the molecule is Cl.O=C(CCc1ccccc1Br)NCCC1CCCNC1. The number of hydrogen-bond donors (Lipinski definition) is 2. The maximum absolute atomic E-state index is 11.8. The first-order chi connectivity index (χ1) is 9.75. The topological polar surface area (TPSA) is 41.1 Å². The summed E-state index contributed by atoms with van der Waals surface area (Å²) in [7, 11) is 0. The minimum absolute atomic E-state index is 0. The highest BCUT2D eigenvalue weighted by Crippen LogP contribution is 2.17. The van der Waals surface area contributed by atoms with Crippen molar-refractivity contribution in [1.82, 2.24) is 10.6 Å². The summed E-state index contributed by atoms with van der Waals surface area (Å²) in [5, 5.41) is 6.45. The van der Waals surface area contributed by atoms with Crippen molar-refractivity contribution >= 4 is 34.2 Å². The molecule has 1 atom stereocenters. The number of carbonyl (C=O) groups excluding carboxylic acids is 1. The van der Waals surface area contributed by atoms with Gasteiger partial charge in [-0.3, -0.25) is 4.79 Å². The summed E-state index contributed by atoms with van der Waals surface area (Å²) >= 11 is 3.51. The van der Waals surface area contributed by atoms with Crippen LogP contribution in [0.15, 0.2) is 28.7 Å². The summed E-state index contributed by atoms with van der Waals surface area (Å²) in [6, 6.07) is 8.08. The fourth-order valence-corrected chi connectivity index (χ4v) is 3.11. The molecule has 118 valence electrons. The largest absolute Gasteiger partial charge is 0.356 e. The van der Waals surface area contributed by atoms with Gasteiger partial charge in [-0.05, 0) is 56.3 Å². The van der Waals surface area contributed by atoms with Crippen LogP contribution in [0.3, 0.4) is 0 Å². The van der Waals surface area contributed by atoms with Gasteiger partial charge in [0.25, 0.3) is 0 Å². The van der Waals surface area contributed by atoms with Gasteiger partial charge in [0.05, 0.1) is 0 Å². The van der Waals surface area contributed by atoms with E-state index in [0.29, 0.717) is 6.42 Å². The molecule has 1 aromatic rings. The number of piperidine rings is 1. The van der Waals surface area contributed by atoms with E-state index in [0.717, 1.165) is 42.9 Å². The van der Waals surface area contributed by atoms with Gasteiger partial charge in [0.2, 0.25) is 5.91 Å². The van der Waals surface area contributed by atoms with Crippen LogP contribution in [0.25, 0.3) is 0 Å². The van der Waals surface area contributed by atoms with E-state index >= 15 is 0 Å². The van der Waals surface area contributed by atoms with Gasteiger partial charge in [0, 0.05) is 17.4 Å². The lowest BCUT2D eigenvalue weighted by Crippen LogP contribution is -2.33. The van der Waals surface area contributed by atoms with Gasteiger partial charge in [-0.15, -0.1) is 12.4 Å². The molecule has 1 aromatic carbocycles. The number of aryl methyl sites for hydroxylation is 1. The number of benzene rings is 1. The van der Waals surface area contributed by atoms with Crippen LogP contribution < -0.4 is 10.6 Å². The molecule has 1 saturated heterocycles. The van der Waals surface area contributed by atoms with E-state index in [9.17, 15) is 4.79 Å². The Balaban J connectivity index is 0.00000220. The first kappa shape index (κ1) is 18.5. The average molecular weight is 376 g/mol. The molecule has 0 radical (unpaired) electrons. The molecule has 1 unspecified atom stereocenters. The number of rotatable bonds is 6. The fourth-order valence-electron chi connectivity index (χ4n) is 2.62. The van der Waals surface area contributed by atoms with Crippen LogP contribution in [0.5, 0.6) is 0 Å². The maximum Gasteiger partial charge on any atom is 0.220 e. The second kappa shape index (κ2) is 10.2. The predicted octanol–water partition coefficient (Wildman–Crippen LogP) is 3.31. The molecule has 2 rings (SSSR count). The molecule has 21 heavy (non-hydrogen) atoms. The lowest BCUT2D eigenvalue weighted by molar-refractivity contribution is -0.121. The molecule has 0 bridgehead atoms. The predicted molar refractivity (Wildman–Crippen MR) is 92.9 cm³/mol. The highest BCUT2D eigenvalue weighted by molar-refractivity contribution is 9.10. The molecule has 0 aliphatic carbocycles. The highest BCUT2D eigenvalue weighted by Gasteiger charge is 2.12. The third-order valence-corrected chi connectivity index (χ3v) is 4.63. The summed E-state index contributed by atoms with van der Waals surface area (Å²) < 4.78 is 1.08. The van der Waals surface area contributed by atoms with Crippen molar-refractivity contribution in [2.24, 2.45) is 5.92 Å². The van der Waals surface area contributed by atoms with Crippen LogP contribution in [0.1, 0.15) is 31.2 Å². The summed E-state index contributed by atoms with van der Waals surface area (Å²) in [6.45, 7) is 3.06. The first-order valence-corrected chi connectivity index (χ1v) is 8.26. The molecule has 1 fully saturated rings. The molecule has 1 amide bonds. The summed E-state index contributed by atoms with van der Waals surface area (Å²) in [5.74, 6) is 0.886. The Bertz CT molecular complexity index is 436. The summed E-state index contributed by atoms with van der Waals surface area (Å²) in [6.07, 6.45) is 5.00. The Labute approximate surface area is 141 Å². The van der Waals surface area contributed by atoms with Crippen molar-refractivity contribution in [3.8, 4) is 0 Å². The minimum atomic E-state index is 0.